The van der Waals surface area contributed by atoms with Gasteiger partial charge in [0.05, 0.1) is 17.1 Å². The molecule has 0 N–H and O–H groups in total. The molecule has 0 atom stereocenters. The molecule has 4 rings (SSSR count). The molecule has 2 heterocycles. The predicted molar refractivity (Wildman–Crippen MR) is 91.2 cm³/mol. The van der Waals surface area contributed by atoms with Crippen molar-refractivity contribution >= 4 is 11.8 Å². The first-order valence-corrected chi connectivity index (χ1v) is 8.73. The van der Waals surface area contributed by atoms with Gasteiger partial charge in [-0.15, -0.1) is 10.2 Å². The van der Waals surface area contributed by atoms with Crippen molar-refractivity contribution in [3.8, 4) is 0 Å². The number of nitrogens with zero attached hydrogens (tertiary/aromatic N) is 4. The summed E-state index contributed by atoms with van der Waals surface area (Å²) in [5, 5.41) is 10.7. The van der Waals surface area contributed by atoms with E-state index in [1.165, 1.54) is 17.3 Å². The van der Waals surface area contributed by atoms with E-state index in [1.807, 2.05) is 49.4 Å². The molecule has 1 aromatic heterocycles. The number of benzene rings is 2. The van der Waals surface area contributed by atoms with Gasteiger partial charge >= 0.3 is 0 Å². The Morgan fingerprint density at radius 3 is 2.29 bits per heavy atom. The van der Waals surface area contributed by atoms with Crippen LogP contribution in [0.25, 0.3) is 0 Å². The maximum atomic E-state index is 5.75. The number of hydrogen-bond acceptors (Lipinski definition) is 6. The molecule has 0 saturated carbocycles. The Kier molecular flexibility index (Phi) is 3.90. The molecular formula is C18H16N4OS. The zero-order valence-electron chi connectivity index (χ0n) is 13.2. The quantitative estimate of drug-likeness (QED) is 0.672. The highest BCUT2D eigenvalue weighted by molar-refractivity contribution is 7.98. The van der Waals surface area contributed by atoms with Gasteiger partial charge in [-0.2, -0.15) is 0 Å². The Hall–Kier alpha value is -2.47. The van der Waals surface area contributed by atoms with E-state index in [9.17, 15) is 0 Å². The number of hydrogen-bond donors (Lipinski definition) is 0. The second-order valence-electron chi connectivity index (χ2n) is 5.84. The molecule has 1 aliphatic heterocycles. The Morgan fingerprint density at radius 1 is 0.917 bits per heavy atom. The van der Waals surface area contributed by atoms with Crippen LogP contribution in [-0.2, 0) is 12.2 Å². The maximum Gasteiger partial charge on any atom is 0.276 e. The minimum Gasteiger partial charge on any atom is -0.416 e. The highest BCUT2D eigenvalue weighted by Gasteiger charge is 2.28. The molecule has 3 aromatic rings. The maximum absolute atomic E-state index is 5.75. The van der Waals surface area contributed by atoms with Crippen molar-refractivity contribution in [2.75, 3.05) is 0 Å². The molecule has 0 radical (unpaired) electrons. The van der Waals surface area contributed by atoms with Crippen molar-refractivity contribution in [1.29, 1.82) is 0 Å². The molecule has 2 aromatic carbocycles. The summed E-state index contributed by atoms with van der Waals surface area (Å²) >= 11 is 1.54. The first-order chi connectivity index (χ1) is 11.7. The van der Waals surface area contributed by atoms with Crippen molar-refractivity contribution in [2.45, 2.75) is 30.0 Å². The molecule has 120 valence electrons. The van der Waals surface area contributed by atoms with Crippen molar-refractivity contribution < 1.29 is 4.42 Å². The van der Waals surface area contributed by atoms with Crippen LogP contribution in [0, 0.1) is 0 Å². The molecule has 0 unspecified atom stereocenters. The number of thioether (sulfide) groups is 1. The summed E-state index contributed by atoms with van der Waals surface area (Å²) in [6, 6.07) is 18.1. The molecule has 0 aliphatic carbocycles. The van der Waals surface area contributed by atoms with Crippen LogP contribution in [0.4, 0.5) is 0 Å². The fourth-order valence-electron chi connectivity index (χ4n) is 2.65. The first-order valence-electron chi connectivity index (χ1n) is 7.74. The standard InChI is InChI=1S/C18H16N4OS/c1-18(19-14-9-5-6-10-15(14)20-18)11-16-21-22-17(23-16)24-12-13-7-3-2-4-8-13/h2-10H,11-12H2,1H3. The van der Waals surface area contributed by atoms with Crippen LogP contribution in [0.15, 0.2) is 74.2 Å². The van der Waals surface area contributed by atoms with E-state index >= 15 is 0 Å². The summed E-state index contributed by atoms with van der Waals surface area (Å²) in [7, 11) is 0. The largest absolute Gasteiger partial charge is 0.416 e. The average molecular weight is 336 g/mol. The van der Waals surface area contributed by atoms with Gasteiger partial charge in [0.1, 0.15) is 0 Å². The second-order valence-corrected chi connectivity index (χ2v) is 6.77. The van der Waals surface area contributed by atoms with Gasteiger partial charge in [0.2, 0.25) is 5.89 Å². The first kappa shape index (κ1) is 15.1. The average Bonchev–Trinajstić information content (AvgIpc) is 3.16. The van der Waals surface area contributed by atoms with E-state index in [4.69, 9.17) is 4.42 Å². The molecule has 24 heavy (non-hydrogen) atoms. The topological polar surface area (TPSA) is 63.6 Å². The van der Waals surface area contributed by atoms with Gasteiger partial charge in [-0.3, -0.25) is 9.98 Å². The van der Waals surface area contributed by atoms with Crippen LogP contribution in [0.1, 0.15) is 18.4 Å². The highest BCUT2D eigenvalue weighted by atomic mass is 32.2. The summed E-state index contributed by atoms with van der Waals surface area (Å²) in [6.07, 6.45) is 0.501. The fraction of sp³-hybridized carbons (Fsp3) is 0.222. The molecule has 6 heteroatoms. The van der Waals surface area contributed by atoms with Gasteiger partial charge in [0.25, 0.3) is 5.22 Å². The van der Waals surface area contributed by atoms with Crippen molar-refractivity contribution in [2.24, 2.45) is 9.98 Å². The van der Waals surface area contributed by atoms with Gasteiger partial charge in [-0.1, -0.05) is 54.2 Å². The van der Waals surface area contributed by atoms with Gasteiger partial charge < -0.3 is 4.42 Å². The third-order valence-electron chi connectivity index (χ3n) is 3.74. The minimum absolute atomic E-state index is 0.501. The molecule has 0 fully saturated rings. The lowest BCUT2D eigenvalue weighted by Crippen LogP contribution is -2.21. The van der Waals surface area contributed by atoms with Crippen LogP contribution >= 0.6 is 11.8 Å². The van der Waals surface area contributed by atoms with E-state index in [-0.39, 0.29) is 0 Å². The van der Waals surface area contributed by atoms with Gasteiger partial charge in [-0.05, 0) is 24.6 Å². The van der Waals surface area contributed by atoms with Gasteiger partial charge in [-0.25, -0.2) is 0 Å². The van der Waals surface area contributed by atoms with Crippen LogP contribution in [0.5, 0.6) is 0 Å². The van der Waals surface area contributed by atoms with Crippen molar-refractivity contribution in [1.82, 2.24) is 10.2 Å². The predicted octanol–water partition coefficient (Wildman–Crippen LogP) is 2.57. The third kappa shape index (κ3) is 3.23. The van der Waals surface area contributed by atoms with Crippen molar-refractivity contribution in [3.63, 3.8) is 0 Å². The molecule has 0 amide bonds. The molecule has 0 bridgehead atoms. The van der Waals surface area contributed by atoms with E-state index < -0.39 is 5.66 Å². The summed E-state index contributed by atoms with van der Waals surface area (Å²) in [5.74, 6) is 1.37. The normalized spacial score (nSPS) is 14.7. The zero-order chi connectivity index (χ0) is 16.4. The second kappa shape index (κ2) is 6.20. The fourth-order valence-corrected chi connectivity index (χ4v) is 3.39. The van der Waals surface area contributed by atoms with Crippen LogP contribution in [-0.4, -0.2) is 15.9 Å². The van der Waals surface area contributed by atoms with Crippen molar-refractivity contribution in [3.05, 3.63) is 76.8 Å². The van der Waals surface area contributed by atoms with Crippen LogP contribution in [0.3, 0.4) is 0 Å². The van der Waals surface area contributed by atoms with Crippen LogP contribution in [0.2, 0.25) is 0 Å². The van der Waals surface area contributed by atoms with E-state index in [2.05, 4.69) is 32.3 Å². The molecular weight excluding hydrogens is 320 g/mol. The Balaban J connectivity index is 1.45. The Morgan fingerprint density at radius 2 is 1.58 bits per heavy atom. The molecule has 0 saturated heterocycles. The summed E-state index contributed by atoms with van der Waals surface area (Å²) in [6.45, 7) is 1.98. The summed E-state index contributed by atoms with van der Waals surface area (Å²) < 4.78 is 5.75. The number of fused-ring (bicyclic) bond motifs is 1. The van der Waals surface area contributed by atoms with Crippen LogP contribution < -0.4 is 10.7 Å². The lowest BCUT2D eigenvalue weighted by molar-refractivity contribution is 0.368. The number of para-hydroxylation sites is 2. The number of rotatable bonds is 5. The minimum atomic E-state index is -0.572. The van der Waals surface area contributed by atoms with Gasteiger partial charge in [0, 0.05) is 5.75 Å². The smallest absolute Gasteiger partial charge is 0.276 e. The molecule has 1 aliphatic rings. The van der Waals surface area contributed by atoms with E-state index in [1.54, 1.807) is 0 Å². The summed E-state index contributed by atoms with van der Waals surface area (Å²) in [4.78, 5) is 9.36. The number of aromatic nitrogens is 2. The zero-order valence-corrected chi connectivity index (χ0v) is 14.0. The van der Waals surface area contributed by atoms with E-state index in [0.29, 0.717) is 17.5 Å². The van der Waals surface area contributed by atoms with E-state index in [0.717, 1.165) is 16.5 Å². The highest BCUT2D eigenvalue weighted by Crippen LogP contribution is 2.24. The van der Waals surface area contributed by atoms with Gasteiger partial charge in [0.15, 0.2) is 5.66 Å². The summed E-state index contributed by atoms with van der Waals surface area (Å²) in [5.41, 5.74) is 0.655. The SMILES string of the molecule is CC1(Cc2nnc(SCc3ccccc3)o2)N=c2ccccc2=N1. The molecule has 5 nitrogen and oxygen atoms in total. The Bertz CT molecular complexity index is 933. The molecule has 0 spiro atoms. The third-order valence-corrected chi connectivity index (χ3v) is 4.63. The lowest BCUT2D eigenvalue weighted by atomic mass is 10.1. The Labute approximate surface area is 143 Å². The lowest BCUT2D eigenvalue weighted by Gasteiger charge is -2.14. The monoisotopic (exact) mass is 336 g/mol.